The number of anilines is 2. The van der Waals surface area contributed by atoms with Crippen LogP contribution in [0.2, 0.25) is 0 Å². The number of nitrogens with zero attached hydrogens (tertiary/aromatic N) is 3. The molecule has 1 aliphatic heterocycles. The molecule has 20 heavy (non-hydrogen) atoms. The van der Waals surface area contributed by atoms with Crippen molar-refractivity contribution in [3.05, 3.63) is 24.3 Å². The lowest BCUT2D eigenvalue weighted by molar-refractivity contribution is 0.551. The zero-order valence-electron chi connectivity index (χ0n) is 12.0. The van der Waals surface area contributed by atoms with E-state index < -0.39 is 0 Å². The second-order valence-corrected chi connectivity index (χ2v) is 5.81. The molecule has 1 N–H and O–H groups in total. The van der Waals surface area contributed by atoms with Crippen molar-refractivity contribution >= 4 is 11.4 Å². The van der Waals surface area contributed by atoms with E-state index in [2.05, 4.69) is 52.5 Å². The van der Waals surface area contributed by atoms with Gasteiger partial charge in [-0.05, 0) is 31.4 Å². The van der Waals surface area contributed by atoms with Gasteiger partial charge in [-0.15, -0.1) is 0 Å². The molecule has 3 rings (SSSR count). The number of para-hydroxylation sites is 2. The van der Waals surface area contributed by atoms with Crippen molar-refractivity contribution in [3.8, 4) is 6.07 Å². The molecule has 1 aliphatic carbocycles. The Hall–Kier alpha value is -1.73. The van der Waals surface area contributed by atoms with Crippen LogP contribution in [0.5, 0.6) is 0 Å². The summed E-state index contributed by atoms with van der Waals surface area (Å²) in [4.78, 5) is 4.71. The second kappa shape index (κ2) is 5.72. The van der Waals surface area contributed by atoms with Gasteiger partial charge in [0.2, 0.25) is 0 Å². The van der Waals surface area contributed by atoms with E-state index in [0.29, 0.717) is 6.04 Å². The SMILES string of the molecule is CN1CCN(CCC(C#N)NC2CC2)c2ccccc21. The van der Waals surface area contributed by atoms with Gasteiger partial charge in [-0.2, -0.15) is 5.26 Å². The van der Waals surface area contributed by atoms with Crippen molar-refractivity contribution in [2.75, 3.05) is 36.5 Å². The molecule has 0 spiro atoms. The summed E-state index contributed by atoms with van der Waals surface area (Å²) < 4.78 is 0. The summed E-state index contributed by atoms with van der Waals surface area (Å²) in [5.74, 6) is 0. The molecule has 1 fully saturated rings. The maximum Gasteiger partial charge on any atom is 0.0972 e. The van der Waals surface area contributed by atoms with Crippen LogP contribution in [-0.4, -0.2) is 38.8 Å². The first-order chi connectivity index (χ1) is 9.78. The first-order valence-corrected chi connectivity index (χ1v) is 7.48. The molecular weight excluding hydrogens is 248 g/mol. The summed E-state index contributed by atoms with van der Waals surface area (Å²) in [6.07, 6.45) is 3.36. The first kappa shape index (κ1) is 13.3. The quantitative estimate of drug-likeness (QED) is 0.888. The minimum absolute atomic E-state index is 0.00526. The van der Waals surface area contributed by atoms with Crippen LogP contribution in [0.3, 0.4) is 0 Å². The van der Waals surface area contributed by atoms with Gasteiger partial charge in [0, 0.05) is 32.7 Å². The molecule has 2 aliphatic rings. The Morgan fingerprint density at radius 2 is 2.05 bits per heavy atom. The van der Waals surface area contributed by atoms with E-state index in [4.69, 9.17) is 0 Å². The van der Waals surface area contributed by atoms with Crippen molar-refractivity contribution in [1.82, 2.24) is 5.32 Å². The fourth-order valence-corrected chi connectivity index (χ4v) is 2.80. The maximum atomic E-state index is 9.23. The second-order valence-electron chi connectivity index (χ2n) is 5.81. The van der Waals surface area contributed by atoms with Crippen molar-refractivity contribution in [1.29, 1.82) is 5.26 Å². The van der Waals surface area contributed by atoms with Gasteiger partial charge < -0.3 is 9.80 Å². The van der Waals surface area contributed by atoms with Crippen molar-refractivity contribution in [3.63, 3.8) is 0 Å². The largest absolute Gasteiger partial charge is 0.371 e. The minimum atomic E-state index is -0.00526. The Bertz CT molecular complexity index is 503. The Labute approximate surface area is 121 Å². The highest BCUT2D eigenvalue weighted by Crippen LogP contribution is 2.31. The highest BCUT2D eigenvalue weighted by Gasteiger charge is 2.25. The van der Waals surface area contributed by atoms with Crippen LogP contribution in [-0.2, 0) is 0 Å². The predicted octanol–water partition coefficient (Wildman–Crippen LogP) is 1.98. The van der Waals surface area contributed by atoms with Crippen LogP contribution in [0.15, 0.2) is 24.3 Å². The number of hydrogen-bond donors (Lipinski definition) is 1. The maximum absolute atomic E-state index is 9.23. The van der Waals surface area contributed by atoms with Crippen LogP contribution in [0.1, 0.15) is 19.3 Å². The molecule has 106 valence electrons. The summed E-state index contributed by atoms with van der Waals surface area (Å²) in [6.45, 7) is 3.03. The van der Waals surface area contributed by atoms with E-state index in [1.165, 1.54) is 24.2 Å². The van der Waals surface area contributed by atoms with E-state index in [1.807, 2.05) is 0 Å². The number of rotatable bonds is 5. The van der Waals surface area contributed by atoms with Crippen LogP contribution in [0.25, 0.3) is 0 Å². The van der Waals surface area contributed by atoms with Crippen molar-refractivity contribution in [2.45, 2.75) is 31.3 Å². The topological polar surface area (TPSA) is 42.3 Å². The first-order valence-electron chi connectivity index (χ1n) is 7.48. The number of nitrogens with one attached hydrogen (secondary N) is 1. The summed E-state index contributed by atoms with van der Waals surface area (Å²) in [5, 5.41) is 12.6. The third-order valence-electron chi connectivity index (χ3n) is 4.20. The third kappa shape index (κ3) is 2.88. The molecule has 1 saturated carbocycles. The third-order valence-corrected chi connectivity index (χ3v) is 4.20. The summed E-state index contributed by atoms with van der Waals surface area (Å²) in [6, 6.07) is 11.5. The van der Waals surface area contributed by atoms with Crippen LogP contribution in [0, 0.1) is 11.3 Å². The smallest absolute Gasteiger partial charge is 0.0972 e. The molecule has 0 amide bonds. The lowest BCUT2D eigenvalue weighted by atomic mass is 10.1. The zero-order valence-corrected chi connectivity index (χ0v) is 12.0. The van der Waals surface area contributed by atoms with E-state index in [-0.39, 0.29) is 6.04 Å². The van der Waals surface area contributed by atoms with Gasteiger partial charge in [-0.1, -0.05) is 12.1 Å². The molecule has 1 atom stereocenters. The Balaban J connectivity index is 1.63. The molecule has 1 heterocycles. The fourth-order valence-electron chi connectivity index (χ4n) is 2.80. The highest BCUT2D eigenvalue weighted by atomic mass is 15.2. The van der Waals surface area contributed by atoms with E-state index in [0.717, 1.165) is 26.1 Å². The monoisotopic (exact) mass is 270 g/mol. The van der Waals surface area contributed by atoms with Crippen LogP contribution < -0.4 is 15.1 Å². The Kier molecular flexibility index (Phi) is 3.79. The number of benzene rings is 1. The molecule has 0 aromatic heterocycles. The van der Waals surface area contributed by atoms with Crippen LogP contribution in [0.4, 0.5) is 11.4 Å². The van der Waals surface area contributed by atoms with Gasteiger partial charge >= 0.3 is 0 Å². The molecule has 4 heteroatoms. The predicted molar refractivity (Wildman–Crippen MR) is 82.1 cm³/mol. The molecule has 0 radical (unpaired) electrons. The van der Waals surface area contributed by atoms with Gasteiger partial charge in [0.05, 0.1) is 23.5 Å². The minimum Gasteiger partial charge on any atom is -0.371 e. The number of hydrogen-bond acceptors (Lipinski definition) is 4. The van der Waals surface area contributed by atoms with Crippen LogP contribution >= 0.6 is 0 Å². The Morgan fingerprint density at radius 3 is 2.75 bits per heavy atom. The van der Waals surface area contributed by atoms with Gasteiger partial charge in [-0.25, -0.2) is 0 Å². The van der Waals surface area contributed by atoms with E-state index >= 15 is 0 Å². The average molecular weight is 270 g/mol. The van der Waals surface area contributed by atoms with Gasteiger partial charge in [0.15, 0.2) is 0 Å². The van der Waals surface area contributed by atoms with Gasteiger partial charge in [0.1, 0.15) is 0 Å². The summed E-state index contributed by atoms with van der Waals surface area (Å²) in [5.41, 5.74) is 2.59. The molecule has 1 aromatic carbocycles. The lowest BCUT2D eigenvalue weighted by Crippen LogP contribution is -2.41. The van der Waals surface area contributed by atoms with Crippen molar-refractivity contribution < 1.29 is 0 Å². The standard InChI is InChI=1S/C16H22N4/c1-19-10-11-20(16-5-3-2-4-15(16)19)9-8-14(12-17)18-13-6-7-13/h2-5,13-14,18H,6-11H2,1H3. The highest BCUT2D eigenvalue weighted by molar-refractivity contribution is 5.73. The summed E-state index contributed by atoms with van der Waals surface area (Å²) in [7, 11) is 2.14. The Morgan fingerprint density at radius 1 is 1.30 bits per heavy atom. The van der Waals surface area contributed by atoms with Gasteiger partial charge in [0.25, 0.3) is 0 Å². The average Bonchev–Trinajstić information content (AvgIpc) is 3.29. The van der Waals surface area contributed by atoms with E-state index in [9.17, 15) is 5.26 Å². The molecule has 4 nitrogen and oxygen atoms in total. The lowest BCUT2D eigenvalue weighted by Gasteiger charge is -2.37. The van der Waals surface area contributed by atoms with Crippen molar-refractivity contribution in [2.24, 2.45) is 0 Å². The molecular formula is C16H22N4. The molecule has 0 saturated heterocycles. The van der Waals surface area contributed by atoms with E-state index in [1.54, 1.807) is 0 Å². The fraction of sp³-hybridized carbons (Fsp3) is 0.562. The number of likely N-dealkylation sites (N-methyl/N-ethyl adjacent to an activating group) is 1. The zero-order chi connectivity index (χ0) is 13.9. The normalized spacial score (nSPS) is 19.4. The molecule has 1 unspecified atom stereocenters. The summed E-state index contributed by atoms with van der Waals surface area (Å²) >= 11 is 0. The molecule has 0 bridgehead atoms. The van der Waals surface area contributed by atoms with Gasteiger partial charge in [-0.3, -0.25) is 5.32 Å². The molecule has 1 aromatic rings. The number of nitriles is 1. The number of fused-ring (bicyclic) bond motifs is 1.